The minimum atomic E-state index is -5.05. The Kier molecular flexibility index (Phi) is 14.9. The molecule has 3 aromatic carbocycles. The number of rotatable bonds is 13. The third-order valence-corrected chi connectivity index (χ3v) is 7.99. The average molecular weight is 727 g/mol. The van der Waals surface area contributed by atoms with Gasteiger partial charge in [0.05, 0.1) is 16.3 Å². The Hall–Kier alpha value is -2.53. The molecule has 1 heterocycles. The van der Waals surface area contributed by atoms with E-state index in [0.29, 0.717) is 19.4 Å². The molecular weight excluding hydrogens is 702 g/mol. The van der Waals surface area contributed by atoms with Crippen LogP contribution < -0.4 is 16.4 Å². The summed E-state index contributed by atoms with van der Waals surface area (Å²) in [6.07, 6.45) is 1.22. The molecule has 1 aromatic heterocycles. The van der Waals surface area contributed by atoms with Crippen molar-refractivity contribution in [2.75, 3.05) is 17.2 Å². The molecule has 17 nitrogen and oxygen atoms in total. The zero-order chi connectivity index (χ0) is 32.9. The molecule has 0 saturated heterocycles. The third-order valence-electron chi connectivity index (χ3n) is 6.12. The average Bonchev–Trinajstić information content (AvgIpc) is 2.95. The molecule has 0 saturated carbocycles. The molecular formula is C25H25ClN8Na2O9S2. The summed E-state index contributed by atoms with van der Waals surface area (Å²) in [4.78, 5) is 21.3. The summed E-state index contributed by atoms with van der Waals surface area (Å²) in [6.45, 7) is 0.294. The van der Waals surface area contributed by atoms with E-state index in [4.69, 9.17) is 22.4 Å². The fourth-order valence-corrected chi connectivity index (χ4v) is 5.38. The number of aromatic hydroxyl groups is 1. The number of nitrogens with two attached hydrogens (primary N) is 1. The van der Waals surface area contributed by atoms with E-state index < -0.39 is 53.5 Å². The van der Waals surface area contributed by atoms with Crippen LogP contribution in [0, 0.1) is 0 Å². The van der Waals surface area contributed by atoms with Gasteiger partial charge in [-0.3, -0.25) is 13.9 Å². The summed E-state index contributed by atoms with van der Waals surface area (Å²) in [5.41, 5.74) is 4.86. The summed E-state index contributed by atoms with van der Waals surface area (Å²) in [5.74, 6) is -2.22. The third kappa shape index (κ3) is 11.0. The van der Waals surface area contributed by atoms with Gasteiger partial charge in [0, 0.05) is 71.0 Å². The van der Waals surface area contributed by atoms with Crippen LogP contribution in [0.2, 0.25) is 5.28 Å². The molecule has 1 unspecified atom stereocenters. The van der Waals surface area contributed by atoms with Gasteiger partial charge >= 0.3 is 5.97 Å². The van der Waals surface area contributed by atoms with Crippen LogP contribution in [0.5, 0.6) is 5.75 Å². The molecule has 2 radical (unpaired) electrons. The first kappa shape index (κ1) is 40.6. The Morgan fingerprint density at radius 1 is 0.936 bits per heavy atom. The van der Waals surface area contributed by atoms with Gasteiger partial charge in [0.15, 0.2) is 5.75 Å². The minimum Gasteiger partial charge on any atom is -0.505 e. The normalized spacial score (nSPS) is 12.3. The quantitative estimate of drug-likeness (QED) is 0.0450. The first-order valence-electron chi connectivity index (χ1n) is 12.8. The van der Waals surface area contributed by atoms with Crippen molar-refractivity contribution in [1.82, 2.24) is 15.0 Å². The Labute approximate surface area is 317 Å². The van der Waals surface area contributed by atoms with Gasteiger partial charge in [-0.1, -0.05) is 18.2 Å². The van der Waals surface area contributed by atoms with Gasteiger partial charge in [-0.05, 0) is 66.6 Å². The molecule has 0 aliphatic carbocycles. The van der Waals surface area contributed by atoms with Gasteiger partial charge < -0.3 is 26.6 Å². The number of carboxylic acid groups (broad SMARTS) is 1. The van der Waals surface area contributed by atoms with E-state index in [1.165, 1.54) is 0 Å². The molecule has 240 valence electrons. The molecule has 47 heavy (non-hydrogen) atoms. The predicted molar refractivity (Wildman–Crippen MR) is 173 cm³/mol. The molecule has 0 bridgehead atoms. The van der Waals surface area contributed by atoms with Crippen LogP contribution in [0.15, 0.2) is 68.6 Å². The summed E-state index contributed by atoms with van der Waals surface area (Å²) >= 11 is 6.05. The van der Waals surface area contributed by atoms with Crippen molar-refractivity contribution >= 4 is 137 Å². The number of aromatic nitrogens is 3. The fourth-order valence-electron chi connectivity index (χ4n) is 4.02. The van der Waals surface area contributed by atoms with Crippen LogP contribution >= 0.6 is 11.6 Å². The number of hydrogen-bond acceptors (Lipinski definition) is 14. The van der Waals surface area contributed by atoms with Gasteiger partial charge in [-0.25, -0.2) is 0 Å². The topological polar surface area (TPSA) is 280 Å². The Balaban J connectivity index is 0.00000384. The maximum absolute atomic E-state index is 12.3. The number of azo groups is 1. The molecule has 22 heteroatoms. The van der Waals surface area contributed by atoms with Crippen molar-refractivity contribution in [2.24, 2.45) is 16.0 Å². The van der Waals surface area contributed by atoms with Crippen LogP contribution in [0.25, 0.3) is 10.8 Å². The summed E-state index contributed by atoms with van der Waals surface area (Å²) < 4.78 is 68.4. The maximum Gasteiger partial charge on any atom is 0.320 e. The standard InChI is InChI=1S/C25H25ClN8O9S2.2Na/c26-23-30-24(28-9-5-4-8-16(27)22(36)37)32-25(31-23)29-17-12-15(44(38,39)40)10-13-11-18(45(41,42)43)20(21(35)19(13)17)34-33-14-6-2-1-3-7-14;;/h1-3,6-7,10-12,16,35H,4-5,8-9,27H2,(H,36,37)(H,38,39,40)(H,41,42,43)(H2,28,29,30,31,32);;. The molecule has 0 fully saturated rings. The molecule has 0 amide bonds. The van der Waals surface area contributed by atoms with Gasteiger partial charge in [0.1, 0.15) is 16.6 Å². The Morgan fingerprint density at radius 3 is 2.21 bits per heavy atom. The number of carboxylic acids is 1. The predicted octanol–water partition coefficient (Wildman–Crippen LogP) is 3.27. The molecule has 0 aliphatic heterocycles. The van der Waals surface area contributed by atoms with Crippen molar-refractivity contribution in [3.8, 4) is 5.75 Å². The molecule has 1 atom stereocenters. The van der Waals surface area contributed by atoms with Gasteiger partial charge in [-0.2, -0.15) is 36.9 Å². The zero-order valence-corrected chi connectivity index (χ0v) is 31.3. The monoisotopic (exact) mass is 726 g/mol. The second kappa shape index (κ2) is 17.2. The summed E-state index contributed by atoms with van der Waals surface area (Å²) in [7, 11) is -9.93. The second-order valence-corrected chi connectivity index (χ2v) is 12.5. The van der Waals surface area contributed by atoms with Gasteiger partial charge in [0.2, 0.25) is 17.2 Å². The summed E-state index contributed by atoms with van der Waals surface area (Å²) in [6, 6.07) is 9.68. The number of nitrogens with one attached hydrogen (secondary N) is 2. The molecule has 8 N–H and O–H groups in total. The van der Waals surface area contributed by atoms with Crippen LogP contribution in [0.3, 0.4) is 0 Å². The Bertz CT molecular complexity index is 2010. The minimum absolute atomic E-state index is 0. The van der Waals surface area contributed by atoms with E-state index in [2.05, 4.69) is 35.8 Å². The molecule has 4 aromatic rings. The first-order chi connectivity index (χ1) is 21.1. The van der Waals surface area contributed by atoms with E-state index in [1.807, 2.05) is 0 Å². The van der Waals surface area contributed by atoms with Gasteiger partial charge in [-0.15, -0.1) is 5.11 Å². The van der Waals surface area contributed by atoms with Crippen molar-refractivity contribution in [3.63, 3.8) is 0 Å². The molecule has 0 aliphatic rings. The fraction of sp³-hybridized carbons (Fsp3) is 0.200. The number of benzene rings is 3. The number of hydrogen-bond donors (Lipinski definition) is 7. The van der Waals surface area contributed by atoms with E-state index in [9.17, 15) is 35.8 Å². The van der Waals surface area contributed by atoms with E-state index in [0.717, 1.165) is 18.2 Å². The van der Waals surface area contributed by atoms with E-state index in [1.54, 1.807) is 30.3 Å². The van der Waals surface area contributed by atoms with Crippen molar-refractivity contribution in [2.45, 2.75) is 35.1 Å². The van der Waals surface area contributed by atoms with E-state index >= 15 is 0 Å². The number of fused-ring (bicyclic) bond motifs is 1. The van der Waals surface area contributed by atoms with Crippen molar-refractivity contribution in [1.29, 1.82) is 0 Å². The van der Waals surface area contributed by atoms with Crippen LogP contribution in [-0.4, -0.2) is 129 Å². The van der Waals surface area contributed by atoms with Gasteiger partial charge in [0.25, 0.3) is 20.2 Å². The Morgan fingerprint density at radius 2 is 1.60 bits per heavy atom. The zero-order valence-electron chi connectivity index (χ0n) is 24.9. The molecule has 4 rings (SSSR count). The maximum atomic E-state index is 12.3. The largest absolute Gasteiger partial charge is 0.505 e. The number of anilines is 3. The SMILES string of the molecule is NC(CCCCNc1nc(Cl)nc(Nc2cc(S(=O)(=O)O)cc3cc(S(=O)(=O)O)c(N=Nc4ccccc4)c(O)c23)n1)C(=O)O.[Na].[Na]. The second-order valence-electron chi connectivity index (χ2n) is 9.37. The van der Waals surface area contributed by atoms with Crippen LogP contribution in [-0.2, 0) is 25.0 Å². The van der Waals surface area contributed by atoms with Crippen LogP contribution in [0.4, 0.5) is 29.0 Å². The van der Waals surface area contributed by atoms with Crippen molar-refractivity contribution in [3.05, 3.63) is 53.8 Å². The number of aliphatic carboxylic acids is 1. The van der Waals surface area contributed by atoms with E-state index in [-0.39, 0.29) is 105 Å². The van der Waals surface area contributed by atoms with Crippen molar-refractivity contribution < 1.29 is 40.9 Å². The molecule has 0 spiro atoms. The number of halogens is 1. The summed E-state index contributed by atoms with van der Waals surface area (Å²) in [5, 5.41) is 32.7. The number of phenolic OH excluding ortho intramolecular Hbond substituents is 1. The van der Waals surface area contributed by atoms with Crippen LogP contribution in [0.1, 0.15) is 19.3 Å². The number of unbranched alkanes of at least 4 members (excludes halogenated alkanes) is 1. The number of phenols is 1. The number of carbonyl (C=O) groups is 1. The number of nitrogens with zero attached hydrogens (tertiary/aromatic N) is 5. The first-order valence-corrected chi connectivity index (χ1v) is 16.1. The smallest absolute Gasteiger partial charge is 0.320 e.